The summed E-state index contributed by atoms with van der Waals surface area (Å²) >= 11 is 0. The van der Waals surface area contributed by atoms with Gasteiger partial charge in [-0.05, 0) is 25.2 Å². The van der Waals surface area contributed by atoms with E-state index in [1.807, 2.05) is 4.90 Å². The van der Waals surface area contributed by atoms with Gasteiger partial charge in [0.05, 0.1) is 6.04 Å². The number of hydrogen-bond donors (Lipinski definition) is 1. The average Bonchev–Trinajstić information content (AvgIpc) is 2.26. The van der Waals surface area contributed by atoms with Crippen molar-refractivity contribution in [3.63, 3.8) is 0 Å². The maximum absolute atomic E-state index is 12.2. The highest BCUT2D eigenvalue weighted by Crippen LogP contribution is 2.25. The van der Waals surface area contributed by atoms with Crippen molar-refractivity contribution in [2.24, 2.45) is 11.7 Å². The Morgan fingerprint density at radius 3 is 2.10 bits per heavy atom. The molecule has 2 aliphatic rings. The average molecular weight is 326 g/mol. The van der Waals surface area contributed by atoms with Crippen LogP contribution in [-0.4, -0.2) is 54.0 Å². The molecule has 0 aromatic heterocycles. The summed E-state index contributed by atoms with van der Waals surface area (Å²) in [6, 6.07) is 0.492. The number of carbonyl (C=O) groups is 1. The molecule has 2 N–H and O–H groups in total. The van der Waals surface area contributed by atoms with Gasteiger partial charge in [-0.3, -0.25) is 9.69 Å². The second-order valence-corrected chi connectivity index (χ2v) is 6.18. The van der Waals surface area contributed by atoms with E-state index in [0.717, 1.165) is 38.6 Å². The second-order valence-electron chi connectivity index (χ2n) is 6.18. The van der Waals surface area contributed by atoms with Gasteiger partial charge in [0.25, 0.3) is 0 Å². The van der Waals surface area contributed by atoms with Gasteiger partial charge >= 0.3 is 0 Å². The van der Waals surface area contributed by atoms with Crippen molar-refractivity contribution in [2.45, 2.75) is 51.6 Å². The lowest BCUT2D eigenvalue weighted by molar-refractivity contribution is -0.135. The van der Waals surface area contributed by atoms with Crippen molar-refractivity contribution in [1.82, 2.24) is 9.80 Å². The first-order chi connectivity index (χ1) is 8.58. The predicted molar refractivity (Wildman–Crippen MR) is 87.7 cm³/mol. The second kappa shape index (κ2) is 9.08. The highest BCUT2D eigenvalue weighted by molar-refractivity contribution is 5.85. The summed E-state index contributed by atoms with van der Waals surface area (Å²) in [5.41, 5.74) is 5.98. The van der Waals surface area contributed by atoms with Crippen LogP contribution >= 0.6 is 24.8 Å². The molecule has 1 saturated heterocycles. The summed E-state index contributed by atoms with van der Waals surface area (Å²) in [5.74, 6) is 0.636. The summed E-state index contributed by atoms with van der Waals surface area (Å²) in [6.45, 7) is 8.02. The third-order valence-electron chi connectivity index (χ3n) is 4.26. The molecule has 0 aromatic rings. The zero-order chi connectivity index (χ0) is 13.1. The van der Waals surface area contributed by atoms with Gasteiger partial charge in [0.1, 0.15) is 0 Å². The van der Waals surface area contributed by atoms with E-state index >= 15 is 0 Å². The monoisotopic (exact) mass is 325 g/mol. The molecule has 4 nitrogen and oxygen atoms in total. The minimum absolute atomic E-state index is 0. The highest BCUT2D eigenvalue weighted by atomic mass is 35.5. The van der Waals surface area contributed by atoms with Crippen LogP contribution in [0.2, 0.25) is 0 Å². The van der Waals surface area contributed by atoms with Crippen molar-refractivity contribution in [1.29, 1.82) is 0 Å². The molecule has 1 heterocycles. The van der Waals surface area contributed by atoms with E-state index < -0.39 is 0 Å². The molecule has 6 heteroatoms. The fourth-order valence-corrected chi connectivity index (χ4v) is 2.90. The molecule has 0 radical (unpaired) electrons. The van der Waals surface area contributed by atoms with Crippen LogP contribution in [0.1, 0.15) is 39.5 Å². The fourth-order valence-electron chi connectivity index (χ4n) is 2.90. The van der Waals surface area contributed by atoms with Gasteiger partial charge in [-0.2, -0.15) is 0 Å². The van der Waals surface area contributed by atoms with Crippen LogP contribution in [0.4, 0.5) is 0 Å². The Balaban J connectivity index is 0.00000180. The van der Waals surface area contributed by atoms with Crippen LogP contribution in [-0.2, 0) is 4.79 Å². The molecule has 1 aliphatic heterocycles. The van der Waals surface area contributed by atoms with Gasteiger partial charge in [-0.25, -0.2) is 0 Å². The van der Waals surface area contributed by atoms with Crippen LogP contribution in [0, 0.1) is 5.92 Å². The molecular weight excluding hydrogens is 297 g/mol. The quantitative estimate of drug-likeness (QED) is 0.858. The Morgan fingerprint density at radius 1 is 1.15 bits per heavy atom. The Morgan fingerprint density at radius 2 is 1.70 bits per heavy atom. The number of hydrogen-bond acceptors (Lipinski definition) is 3. The smallest absolute Gasteiger partial charge is 0.239 e. The normalized spacial score (nSPS) is 21.7. The third-order valence-corrected chi connectivity index (χ3v) is 4.26. The summed E-state index contributed by atoms with van der Waals surface area (Å²) in [5, 5.41) is 0. The summed E-state index contributed by atoms with van der Waals surface area (Å²) in [4.78, 5) is 16.7. The molecule has 0 spiro atoms. The Labute approximate surface area is 135 Å². The van der Waals surface area contributed by atoms with Crippen LogP contribution in [0.5, 0.6) is 0 Å². The van der Waals surface area contributed by atoms with E-state index in [1.165, 1.54) is 19.3 Å². The highest BCUT2D eigenvalue weighted by Gasteiger charge is 2.30. The molecule has 0 unspecified atom stereocenters. The molecule has 2 fully saturated rings. The van der Waals surface area contributed by atoms with E-state index in [1.54, 1.807) is 0 Å². The van der Waals surface area contributed by atoms with Crippen LogP contribution in [0.25, 0.3) is 0 Å². The van der Waals surface area contributed by atoms with E-state index in [9.17, 15) is 4.79 Å². The SMILES string of the molecule is CC(C)C[C@H](N)C(=O)N1CCN(C2CCC2)CC1.Cl.Cl. The third kappa shape index (κ3) is 5.06. The molecule has 0 aromatic carbocycles. The minimum Gasteiger partial charge on any atom is -0.339 e. The first-order valence-corrected chi connectivity index (χ1v) is 7.36. The van der Waals surface area contributed by atoms with E-state index in [4.69, 9.17) is 5.73 Å². The first-order valence-electron chi connectivity index (χ1n) is 7.36. The molecule has 1 atom stereocenters. The zero-order valence-electron chi connectivity index (χ0n) is 12.6. The Hall–Kier alpha value is -0.0300. The Bertz CT molecular complexity index is 290. The van der Waals surface area contributed by atoms with Crippen molar-refractivity contribution >= 4 is 30.7 Å². The van der Waals surface area contributed by atoms with Gasteiger partial charge in [0.2, 0.25) is 5.91 Å². The van der Waals surface area contributed by atoms with Crippen molar-refractivity contribution < 1.29 is 4.79 Å². The molecule has 1 amide bonds. The number of rotatable bonds is 4. The number of amides is 1. The van der Waals surface area contributed by atoms with Gasteiger partial charge < -0.3 is 10.6 Å². The molecule has 0 bridgehead atoms. The fraction of sp³-hybridized carbons (Fsp3) is 0.929. The molecule has 2 rings (SSSR count). The number of nitrogens with two attached hydrogens (primary N) is 1. The van der Waals surface area contributed by atoms with Crippen LogP contribution < -0.4 is 5.73 Å². The van der Waals surface area contributed by atoms with E-state index in [-0.39, 0.29) is 36.8 Å². The first kappa shape index (κ1) is 20.0. The zero-order valence-corrected chi connectivity index (χ0v) is 14.2. The molecule has 1 aliphatic carbocycles. The van der Waals surface area contributed by atoms with Gasteiger partial charge in [0, 0.05) is 32.2 Å². The van der Waals surface area contributed by atoms with Gasteiger partial charge in [0.15, 0.2) is 0 Å². The minimum atomic E-state index is -0.305. The lowest BCUT2D eigenvalue weighted by Gasteiger charge is -2.43. The number of nitrogens with zero attached hydrogens (tertiary/aromatic N) is 2. The Kier molecular flexibility index (Phi) is 9.07. The van der Waals surface area contributed by atoms with Gasteiger partial charge in [-0.1, -0.05) is 20.3 Å². The van der Waals surface area contributed by atoms with E-state index in [0.29, 0.717) is 5.92 Å². The maximum atomic E-state index is 12.2. The lowest BCUT2D eigenvalue weighted by Crippen LogP contribution is -2.56. The summed E-state index contributed by atoms with van der Waals surface area (Å²) in [7, 11) is 0. The lowest BCUT2D eigenvalue weighted by atomic mass is 9.91. The predicted octanol–water partition coefficient (Wildman–Crippen LogP) is 1.90. The largest absolute Gasteiger partial charge is 0.339 e. The number of piperazine rings is 1. The summed E-state index contributed by atoms with van der Waals surface area (Å²) < 4.78 is 0. The molecule has 20 heavy (non-hydrogen) atoms. The standard InChI is InChI=1S/C14H27N3O.2ClH/c1-11(2)10-13(15)14(18)17-8-6-16(7-9-17)12-4-3-5-12;;/h11-13H,3-10,15H2,1-2H3;2*1H/t13-;;/m0../s1. The van der Waals surface area contributed by atoms with Crippen molar-refractivity contribution in [2.75, 3.05) is 26.2 Å². The number of carbonyl (C=O) groups excluding carboxylic acids is 1. The summed E-state index contributed by atoms with van der Waals surface area (Å²) in [6.07, 6.45) is 4.87. The van der Waals surface area contributed by atoms with Crippen LogP contribution in [0.3, 0.4) is 0 Å². The number of halogens is 2. The van der Waals surface area contributed by atoms with E-state index in [2.05, 4.69) is 18.7 Å². The molecular formula is C14H29Cl2N3O. The molecule has 120 valence electrons. The maximum Gasteiger partial charge on any atom is 0.239 e. The van der Waals surface area contributed by atoms with Crippen LogP contribution in [0.15, 0.2) is 0 Å². The molecule has 1 saturated carbocycles. The van der Waals surface area contributed by atoms with Gasteiger partial charge in [-0.15, -0.1) is 24.8 Å². The van der Waals surface area contributed by atoms with Crippen molar-refractivity contribution in [3.05, 3.63) is 0 Å². The topological polar surface area (TPSA) is 49.6 Å². The van der Waals surface area contributed by atoms with Crippen molar-refractivity contribution in [3.8, 4) is 0 Å².